The van der Waals surface area contributed by atoms with Crippen molar-refractivity contribution >= 4 is 18.1 Å². The van der Waals surface area contributed by atoms with E-state index in [0.29, 0.717) is 42.5 Å². The zero-order valence-electron chi connectivity index (χ0n) is 21.5. The van der Waals surface area contributed by atoms with Gasteiger partial charge in [0, 0.05) is 74.2 Å². The molecule has 11 heteroatoms. The molecular formula is C27H30FN9O. The molecule has 0 unspecified atom stereocenters. The SMILES string of the molecule is C[C@@H]1CN(/C(=N/C=N)c2cc(-c3cnn(C)c3)c[nH]2)CCN1c1ncc([C@](C)(O)c2ccc(F)cc2)cn1. The van der Waals surface area contributed by atoms with Crippen LogP contribution in [0.4, 0.5) is 10.3 Å². The van der Waals surface area contributed by atoms with Crippen LogP contribution in [0.25, 0.3) is 11.1 Å². The van der Waals surface area contributed by atoms with Gasteiger partial charge in [-0.1, -0.05) is 12.1 Å². The number of aliphatic imine (C=N–C) groups is 1. The van der Waals surface area contributed by atoms with Crippen LogP contribution < -0.4 is 4.90 Å². The number of hydrogen-bond acceptors (Lipinski definition) is 6. The Labute approximate surface area is 220 Å². The third-order valence-corrected chi connectivity index (χ3v) is 6.94. The molecule has 1 aliphatic heterocycles. The summed E-state index contributed by atoms with van der Waals surface area (Å²) in [5.41, 5.74) is 2.57. The summed E-state index contributed by atoms with van der Waals surface area (Å²) in [5, 5.41) is 22.9. The molecular weight excluding hydrogens is 485 g/mol. The summed E-state index contributed by atoms with van der Waals surface area (Å²) in [6.07, 6.45) is 9.97. The number of halogens is 1. The van der Waals surface area contributed by atoms with E-state index >= 15 is 0 Å². The largest absolute Gasteiger partial charge is 0.381 e. The lowest BCUT2D eigenvalue weighted by molar-refractivity contribution is 0.101. The molecule has 1 aromatic carbocycles. The van der Waals surface area contributed by atoms with Gasteiger partial charge in [0.15, 0.2) is 5.84 Å². The molecule has 0 saturated carbocycles. The molecule has 0 amide bonds. The Morgan fingerprint density at radius 2 is 1.89 bits per heavy atom. The maximum absolute atomic E-state index is 13.3. The van der Waals surface area contributed by atoms with E-state index in [4.69, 9.17) is 5.41 Å². The van der Waals surface area contributed by atoms with Crippen molar-refractivity contribution in [2.75, 3.05) is 24.5 Å². The molecule has 4 aromatic rings. The average molecular weight is 516 g/mol. The van der Waals surface area contributed by atoms with Crippen LogP contribution in [0.5, 0.6) is 0 Å². The zero-order chi connectivity index (χ0) is 26.9. The quantitative estimate of drug-likeness (QED) is 0.268. The summed E-state index contributed by atoms with van der Waals surface area (Å²) >= 11 is 0. The van der Waals surface area contributed by atoms with Crippen molar-refractivity contribution < 1.29 is 9.50 Å². The predicted molar refractivity (Wildman–Crippen MR) is 144 cm³/mol. The molecule has 1 aliphatic rings. The molecule has 3 N–H and O–H groups in total. The number of aryl methyl sites for hydroxylation is 1. The van der Waals surface area contributed by atoms with Crippen molar-refractivity contribution in [1.82, 2.24) is 29.6 Å². The van der Waals surface area contributed by atoms with Gasteiger partial charge in [0.2, 0.25) is 5.95 Å². The third kappa shape index (κ3) is 4.92. The normalized spacial score (nSPS) is 17.9. The molecule has 38 heavy (non-hydrogen) atoms. The van der Waals surface area contributed by atoms with Crippen LogP contribution in [-0.4, -0.2) is 72.6 Å². The van der Waals surface area contributed by atoms with Gasteiger partial charge in [0.25, 0.3) is 0 Å². The van der Waals surface area contributed by atoms with Crippen molar-refractivity contribution in [3.05, 3.63) is 84.0 Å². The van der Waals surface area contributed by atoms with Crippen molar-refractivity contribution in [1.29, 1.82) is 5.41 Å². The molecule has 0 aliphatic carbocycles. The summed E-state index contributed by atoms with van der Waals surface area (Å²) in [7, 11) is 1.88. The topological polar surface area (TPSA) is 122 Å². The first kappa shape index (κ1) is 25.3. The van der Waals surface area contributed by atoms with Gasteiger partial charge in [-0.3, -0.25) is 10.1 Å². The first-order valence-corrected chi connectivity index (χ1v) is 12.3. The molecule has 3 aromatic heterocycles. The van der Waals surface area contributed by atoms with E-state index in [0.717, 1.165) is 23.2 Å². The Bertz CT molecular complexity index is 1440. The number of aromatic amines is 1. The van der Waals surface area contributed by atoms with Gasteiger partial charge in [-0.15, -0.1) is 0 Å². The second kappa shape index (κ2) is 10.2. The number of anilines is 1. The second-order valence-electron chi connectivity index (χ2n) is 9.63. The van der Waals surface area contributed by atoms with E-state index in [1.165, 1.54) is 12.1 Å². The van der Waals surface area contributed by atoms with Gasteiger partial charge in [-0.2, -0.15) is 5.10 Å². The van der Waals surface area contributed by atoms with Crippen LogP contribution in [-0.2, 0) is 12.6 Å². The molecule has 1 fully saturated rings. The molecule has 0 spiro atoms. The number of amidine groups is 1. The number of benzene rings is 1. The van der Waals surface area contributed by atoms with Gasteiger partial charge < -0.3 is 19.9 Å². The van der Waals surface area contributed by atoms with E-state index in [2.05, 4.69) is 41.8 Å². The van der Waals surface area contributed by atoms with Gasteiger partial charge in [0.05, 0.1) is 11.9 Å². The van der Waals surface area contributed by atoms with Crippen LogP contribution in [0, 0.1) is 11.2 Å². The fraction of sp³-hybridized carbons (Fsp3) is 0.296. The van der Waals surface area contributed by atoms with Crippen molar-refractivity contribution in [2.24, 2.45) is 12.0 Å². The number of piperazine rings is 1. The number of nitrogens with zero attached hydrogens (tertiary/aromatic N) is 7. The minimum absolute atomic E-state index is 0.0656. The molecule has 1 saturated heterocycles. The Kier molecular flexibility index (Phi) is 6.77. The van der Waals surface area contributed by atoms with Crippen LogP contribution in [0.3, 0.4) is 0 Å². The summed E-state index contributed by atoms with van der Waals surface area (Å²) in [6, 6.07) is 7.84. The van der Waals surface area contributed by atoms with E-state index in [-0.39, 0.29) is 11.9 Å². The van der Waals surface area contributed by atoms with Crippen LogP contribution >= 0.6 is 0 Å². The van der Waals surface area contributed by atoms with E-state index < -0.39 is 5.60 Å². The molecule has 10 nitrogen and oxygen atoms in total. The maximum atomic E-state index is 13.3. The van der Waals surface area contributed by atoms with E-state index in [9.17, 15) is 9.50 Å². The number of H-pyrrole nitrogens is 1. The van der Waals surface area contributed by atoms with Gasteiger partial charge in [-0.05, 0) is 37.6 Å². The molecule has 196 valence electrons. The highest BCUT2D eigenvalue weighted by atomic mass is 19.1. The molecule has 0 bridgehead atoms. The molecule has 5 rings (SSSR count). The Morgan fingerprint density at radius 1 is 1.16 bits per heavy atom. The smallest absolute Gasteiger partial charge is 0.225 e. The van der Waals surface area contributed by atoms with Crippen LogP contribution in [0.15, 0.2) is 66.3 Å². The average Bonchev–Trinajstić information content (AvgIpc) is 3.57. The minimum atomic E-state index is -1.35. The molecule has 0 radical (unpaired) electrons. The first-order chi connectivity index (χ1) is 18.3. The summed E-state index contributed by atoms with van der Waals surface area (Å²) < 4.78 is 15.1. The van der Waals surface area contributed by atoms with Crippen molar-refractivity contribution in [3.8, 4) is 11.1 Å². The predicted octanol–water partition coefficient (Wildman–Crippen LogP) is 3.16. The van der Waals surface area contributed by atoms with E-state index in [1.54, 1.807) is 36.1 Å². The minimum Gasteiger partial charge on any atom is -0.381 e. The highest BCUT2D eigenvalue weighted by Gasteiger charge is 2.30. The first-order valence-electron chi connectivity index (χ1n) is 12.3. The summed E-state index contributed by atoms with van der Waals surface area (Å²) in [5.74, 6) is 0.914. The number of aliphatic hydroxyl groups is 1. The second-order valence-corrected chi connectivity index (χ2v) is 9.63. The summed E-state index contributed by atoms with van der Waals surface area (Å²) in [6.45, 7) is 5.71. The number of hydrogen-bond donors (Lipinski definition) is 3. The lowest BCUT2D eigenvalue weighted by Gasteiger charge is -2.41. The fourth-order valence-electron chi connectivity index (χ4n) is 4.75. The lowest BCUT2D eigenvalue weighted by Crippen LogP contribution is -2.54. The lowest BCUT2D eigenvalue weighted by atomic mass is 9.90. The Balaban J connectivity index is 1.30. The monoisotopic (exact) mass is 515 g/mol. The van der Waals surface area contributed by atoms with Gasteiger partial charge in [-0.25, -0.2) is 19.4 Å². The van der Waals surface area contributed by atoms with Gasteiger partial charge >= 0.3 is 0 Å². The van der Waals surface area contributed by atoms with Crippen molar-refractivity contribution in [3.63, 3.8) is 0 Å². The zero-order valence-corrected chi connectivity index (χ0v) is 21.5. The number of aromatic nitrogens is 5. The maximum Gasteiger partial charge on any atom is 0.225 e. The third-order valence-electron chi connectivity index (χ3n) is 6.94. The Morgan fingerprint density at radius 3 is 2.53 bits per heavy atom. The van der Waals surface area contributed by atoms with Crippen molar-refractivity contribution in [2.45, 2.75) is 25.5 Å². The van der Waals surface area contributed by atoms with Crippen LogP contribution in [0.2, 0.25) is 0 Å². The number of nitrogens with one attached hydrogen (secondary N) is 2. The van der Waals surface area contributed by atoms with E-state index in [1.807, 2.05) is 31.7 Å². The summed E-state index contributed by atoms with van der Waals surface area (Å²) in [4.78, 5) is 21.0. The molecule has 2 atom stereocenters. The highest BCUT2D eigenvalue weighted by molar-refractivity contribution is 6.01. The fourth-order valence-corrected chi connectivity index (χ4v) is 4.75. The highest BCUT2D eigenvalue weighted by Crippen LogP contribution is 2.29. The van der Waals surface area contributed by atoms with Crippen LogP contribution in [0.1, 0.15) is 30.7 Å². The standard InChI is InChI=1S/C27H30FN9O/c1-18-15-36(25(33-17-29)24-10-19(11-30-24)20-12-34-35(3)16-20)8-9-37(18)26-31-13-22(14-32-26)27(2,38)21-4-6-23(28)7-5-21/h4-7,10-14,16-18,29-30,38H,8-9,15H2,1-3H3/b29-17?,33-25+/t18-,27-/m1/s1. The molecule has 4 heterocycles. The number of rotatable bonds is 6. The Hall–Kier alpha value is -4.38. The van der Waals surface area contributed by atoms with Gasteiger partial charge in [0.1, 0.15) is 17.8 Å².